The molecule has 5 heteroatoms. The van der Waals surface area contributed by atoms with Crippen LogP contribution < -0.4 is 15.4 Å². The van der Waals surface area contributed by atoms with Crippen molar-refractivity contribution in [3.8, 4) is 5.75 Å². The summed E-state index contributed by atoms with van der Waals surface area (Å²) in [7, 11) is 0. The van der Waals surface area contributed by atoms with Gasteiger partial charge in [-0.15, -0.1) is 0 Å². The van der Waals surface area contributed by atoms with Crippen LogP contribution in [-0.2, 0) is 0 Å². The Morgan fingerprint density at radius 1 is 1.71 bits per heavy atom. The average molecular weight is 235 g/mol. The van der Waals surface area contributed by atoms with Crippen LogP contribution in [0.1, 0.15) is 23.8 Å². The molecule has 2 rings (SSSR count). The lowest BCUT2D eigenvalue weighted by atomic mass is 10.3. The molecule has 17 heavy (non-hydrogen) atoms. The van der Waals surface area contributed by atoms with Crippen molar-refractivity contribution in [1.29, 1.82) is 0 Å². The molecule has 0 aliphatic carbocycles. The van der Waals surface area contributed by atoms with Crippen LogP contribution in [0.15, 0.2) is 18.3 Å². The summed E-state index contributed by atoms with van der Waals surface area (Å²) >= 11 is 0. The molecule has 1 aromatic rings. The number of hydrogen-bond acceptors (Lipinski definition) is 4. The van der Waals surface area contributed by atoms with Crippen LogP contribution in [0.2, 0.25) is 0 Å². The molecule has 1 aromatic heterocycles. The maximum absolute atomic E-state index is 11.6. The predicted molar refractivity (Wildman–Crippen MR) is 64.1 cm³/mol. The van der Waals surface area contributed by atoms with E-state index in [0.29, 0.717) is 18.0 Å². The van der Waals surface area contributed by atoms with E-state index in [1.54, 1.807) is 18.3 Å². The van der Waals surface area contributed by atoms with E-state index in [-0.39, 0.29) is 12.0 Å². The van der Waals surface area contributed by atoms with Crippen molar-refractivity contribution in [2.24, 2.45) is 0 Å². The normalized spacial score (nSPS) is 19.0. The smallest absolute Gasteiger partial charge is 0.270 e. The van der Waals surface area contributed by atoms with Gasteiger partial charge in [-0.2, -0.15) is 0 Å². The molecule has 1 unspecified atom stereocenters. The third kappa shape index (κ3) is 3.17. The molecule has 1 amide bonds. The number of rotatable bonds is 4. The second kappa shape index (κ2) is 5.63. The van der Waals surface area contributed by atoms with Crippen LogP contribution in [0, 0.1) is 0 Å². The number of nitrogens with one attached hydrogen (secondary N) is 2. The van der Waals surface area contributed by atoms with Gasteiger partial charge in [-0.3, -0.25) is 9.78 Å². The number of aromatic nitrogens is 1. The highest BCUT2D eigenvalue weighted by molar-refractivity contribution is 5.92. The Morgan fingerprint density at radius 2 is 2.59 bits per heavy atom. The Labute approximate surface area is 101 Å². The van der Waals surface area contributed by atoms with Gasteiger partial charge < -0.3 is 15.4 Å². The fraction of sp³-hybridized carbons (Fsp3) is 0.500. The van der Waals surface area contributed by atoms with E-state index in [1.807, 2.05) is 6.92 Å². The SMILES string of the molecule is CCNC(=O)c1cc(OC2CCNC2)ccn1. The minimum absolute atomic E-state index is 0.164. The van der Waals surface area contributed by atoms with Gasteiger partial charge in [0.15, 0.2) is 0 Å². The molecule has 2 N–H and O–H groups in total. The number of amides is 1. The van der Waals surface area contributed by atoms with E-state index >= 15 is 0 Å². The monoisotopic (exact) mass is 235 g/mol. The summed E-state index contributed by atoms with van der Waals surface area (Å²) in [5, 5.41) is 5.94. The maximum Gasteiger partial charge on any atom is 0.270 e. The second-order valence-electron chi connectivity index (χ2n) is 3.97. The van der Waals surface area contributed by atoms with Gasteiger partial charge in [0.05, 0.1) is 0 Å². The molecule has 1 atom stereocenters. The zero-order valence-corrected chi connectivity index (χ0v) is 9.90. The molecule has 1 aliphatic heterocycles. The highest BCUT2D eigenvalue weighted by Gasteiger charge is 2.16. The molecule has 0 spiro atoms. The first-order valence-corrected chi connectivity index (χ1v) is 5.91. The van der Waals surface area contributed by atoms with Gasteiger partial charge >= 0.3 is 0 Å². The highest BCUT2D eigenvalue weighted by atomic mass is 16.5. The third-order valence-electron chi connectivity index (χ3n) is 2.62. The maximum atomic E-state index is 11.6. The molecule has 1 saturated heterocycles. The van der Waals surface area contributed by atoms with Crippen molar-refractivity contribution in [1.82, 2.24) is 15.6 Å². The Hall–Kier alpha value is -1.62. The van der Waals surface area contributed by atoms with Crippen molar-refractivity contribution in [3.05, 3.63) is 24.0 Å². The van der Waals surface area contributed by atoms with E-state index in [1.165, 1.54) is 0 Å². The van der Waals surface area contributed by atoms with Crippen molar-refractivity contribution >= 4 is 5.91 Å². The minimum Gasteiger partial charge on any atom is -0.489 e. The summed E-state index contributed by atoms with van der Waals surface area (Å²) < 4.78 is 5.76. The molecule has 0 aromatic carbocycles. The summed E-state index contributed by atoms with van der Waals surface area (Å²) in [6, 6.07) is 3.46. The molecule has 0 radical (unpaired) electrons. The zero-order chi connectivity index (χ0) is 12.1. The van der Waals surface area contributed by atoms with Gasteiger partial charge in [0.2, 0.25) is 0 Å². The van der Waals surface area contributed by atoms with Gasteiger partial charge in [0.25, 0.3) is 5.91 Å². The van der Waals surface area contributed by atoms with Crippen molar-refractivity contribution < 1.29 is 9.53 Å². The molecule has 1 fully saturated rings. The van der Waals surface area contributed by atoms with E-state index in [2.05, 4.69) is 15.6 Å². The lowest BCUT2D eigenvalue weighted by molar-refractivity contribution is 0.0950. The van der Waals surface area contributed by atoms with Gasteiger partial charge in [-0.25, -0.2) is 0 Å². The first-order valence-electron chi connectivity index (χ1n) is 5.91. The van der Waals surface area contributed by atoms with Gasteiger partial charge in [-0.05, 0) is 26.0 Å². The largest absolute Gasteiger partial charge is 0.489 e. The summed E-state index contributed by atoms with van der Waals surface area (Å²) in [6.07, 6.45) is 2.79. The fourth-order valence-electron chi connectivity index (χ4n) is 1.78. The summed E-state index contributed by atoms with van der Waals surface area (Å²) in [4.78, 5) is 15.6. The number of carbonyl (C=O) groups excluding carboxylic acids is 1. The topological polar surface area (TPSA) is 63.2 Å². The number of carbonyl (C=O) groups is 1. The molecular formula is C12H17N3O2. The lowest BCUT2D eigenvalue weighted by Gasteiger charge is -2.12. The fourth-order valence-corrected chi connectivity index (χ4v) is 1.78. The first kappa shape index (κ1) is 11.9. The Morgan fingerprint density at radius 3 is 3.29 bits per heavy atom. The van der Waals surface area contributed by atoms with Gasteiger partial charge in [-0.1, -0.05) is 0 Å². The van der Waals surface area contributed by atoms with Crippen LogP contribution in [-0.4, -0.2) is 36.6 Å². The van der Waals surface area contributed by atoms with E-state index < -0.39 is 0 Å². The third-order valence-corrected chi connectivity index (χ3v) is 2.62. The Balaban J connectivity index is 2.02. The number of hydrogen-bond donors (Lipinski definition) is 2. The molecule has 2 heterocycles. The number of pyridine rings is 1. The Bertz CT molecular complexity index is 389. The predicted octanol–water partition coefficient (Wildman–Crippen LogP) is 0.572. The van der Waals surface area contributed by atoms with Crippen LogP contribution in [0.5, 0.6) is 5.75 Å². The Kier molecular flexibility index (Phi) is 3.93. The zero-order valence-electron chi connectivity index (χ0n) is 9.90. The van der Waals surface area contributed by atoms with Crippen LogP contribution in [0.4, 0.5) is 0 Å². The van der Waals surface area contributed by atoms with Crippen molar-refractivity contribution in [2.75, 3.05) is 19.6 Å². The molecule has 5 nitrogen and oxygen atoms in total. The van der Waals surface area contributed by atoms with E-state index in [9.17, 15) is 4.79 Å². The van der Waals surface area contributed by atoms with E-state index in [4.69, 9.17) is 4.74 Å². The standard InChI is InChI=1S/C12H17N3O2/c1-2-14-12(16)11-7-9(4-6-15-11)17-10-3-5-13-8-10/h4,6-7,10,13H,2-3,5,8H2,1H3,(H,14,16). The second-order valence-corrected chi connectivity index (χ2v) is 3.97. The summed E-state index contributed by atoms with van der Waals surface area (Å²) in [5.41, 5.74) is 0.398. The van der Waals surface area contributed by atoms with E-state index in [0.717, 1.165) is 19.5 Å². The molecule has 1 aliphatic rings. The quantitative estimate of drug-likeness (QED) is 0.801. The van der Waals surface area contributed by atoms with Crippen LogP contribution in [0.3, 0.4) is 0 Å². The van der Waals surface area contributed by atoms with Crippen LogP contribution >= 0.6 is 0 Å². The molecule has 92 valence electrons. The van der Waals surface area contributed by atoms with Gasteiger partial charge in [0.1, 0.15) is 17.5 Å². The van der Waals surface area contributed by atoms with Crippen molar-refractivity contribution in [3.63, 3.8) is 0 Å². The van der Waals surface area contributed by atoms with Crippen LogP contribution in [0.25, 0.3) is 0 Å². The first-order chi connectivity index (χ1) is 8.29. The van der Waals surface area contributed by atoms with Crippen molar-refractivity contribution in [2.45, 2.75) is 19.4 Å². The molecule has 0 saturated carbocycles. The number of ether oxygens (including phenoxy) is 1. The minimum atomic E-state index is -0.164. The molecule has 0 bridgehead atoms. The average Bonchev–Trinajstić information content (AvgIpc) is 2.82. The summed E-state index contributed by atoms with van der Waals surface area (Å²) in [6.45, 7) is 4.32. The highest BCUT2D eigenvalue weighted by Crippen LogP contribution is 2.15. The lowest BCUT2D eigenvalue weighted by Crippen LogP contribution is -2.24. The summed E-state index contributed by atoms with van der Waals surface area (Å²) in [5.74, 6) is 0.539. The molecular weight excluding hydrogens is 218 g/mol. The number of nitrogens with zero attached hydrogens (tertiary/aromatic N) is 1. The van der Waals surface area contributed by atoms with Gasteiger partial charge in [0, 0.05) is 25.4 Å².